The molecule has 2 N–H and O–H groups in total. The number of amides is 4. The molecule has 0 bridgehead atoms. The van der Waals surface area contributed by atoms with Crippen LogP contribution in [0.2, 0.25) is 0 Å². The fourth-order valence-electron chi connectivity index (χ4n) is 11.4. The average Bonchev–Trinajstić information content (AvgIpc) is 3.84. The SMILES string of the molecule is O=C(NCCCN1CCC(CN2CCN(CC(=O)N3CCN(C(=O)c4cc(Cc5n[nH]c(=O)c6ccccc56)ccc4F)CC3)CC2)CC1)c1cccc([C@H]2CCCN(C(=O)CN3Cc4cncnc4C3)C2)c1.[HH].[HH]. The van der Waals surface area contributed by atoms with Crippen molar-refractivity contribution in [1.82, 2.24) is 59.8 Å². The molecule has 18 heteroatoms. The van der Waals surface area contributed by atoms with Crippen molar-refractivity contribution in [3.05, 3.63) is 135 Å². The Morgan fingerprint density at radius 3 is 2.30 bits per heavy atom. The summed E-state index contributed by atoms with van der Waals surface area (Å²) in [5.41, 5.74) is 4.93. The summed E-state index contributed by atoms with van der Waals surface area (Å²) in [6.45, 7) is 13.3. The van der Waals surface area contributed by atoms with Gasteiger partial charge < -0.3 is 29.8 Å². The number of aromatic nitrogens is 4. The van der Waals surface area contributed by atoms with Crippen molar-refractivity contribution in [3.63, 3.8) is 0 Å². The van der Waals surface area contributed by atoms with Crippen LogP contribution < -0.4 is 10.9 Å². The third-order valence-corrected chi connectivity index (χ3v) is 15.7. The quantitative estimate of drug-likeness (QED) is 0.144. The Morgan fingerprint density at radius 1 is 0.740 bits per heavy atom. The molecular weight excluding hydrogens is 928 g/mol. The van der Waals surface area contributed by atoms with Crippen LogP contribution in [0.15, 0.2) is 84.0 Å². The molecule has 5 aliphatic heterocycles. The zero-order valence-electron chi connectivity index (χ0n) is 41.7. The van der Waals surface area contributed by atoms with E-state index in [1.54, 1.807) is 35.5 Å². The number of nitrogens with one attached hydrogen (secondary N) is 2. The molecule has 0 unspecified atom stereocenters. The topological polar surface area (TPSA) is 175 Å². The van der Waals surface area contributed by atoms with E-state index in [1.807, 2.05) is 46.3 Å². The van der Waals surface area contributed by atoms with Crippen LogP contribution in [0.5, 0.6) is 0 Å². The number of benzene rings is 3. The second-order valence-electron chi connectivity index (χ2n) is 20.6. The Labute approximate surface area is 428 Å². The molecule has 0 spiro atoms. The first-order chi connectivity index (χ1) is 35.6. The van der Waals surface area contributed by atoms with Crippen molar-refractivity contribution in [2.75, 3.05) is 111 Å². The van der Waals surface area contributed by atoms with Gasteiger partial charge in [-0.15, -0.1) is 0 Å². The zero-order chi connectivity index (χ0) is 50.3. The van der Waals surface area contributed by atoms with Crippen molar-refractivity contribution >= 4 is 34.4 Å². The Kier molecular flexibility index (Phi) is 15.9. The lowest BCUT2D eigenvalue weighted by atomic mass is 9.89. The van der Waals surface area contributed by atoms with Crippen LogP contribution in [0.3, 0.4) is 0 Å². The fourth-order valence-corrected chi connectivity index (χ4v) is 11.4. The lowest BCUT2D eigenvalue weighted by Crippen LogP contribution is -2.55. The van der Waals surface area contributed by atoms with E-state index in [0.717, 1.165) is 108 Å². The number of likely N-dealkylation sites (tertiary alicyclic amines) is 2. The molecule has 4 amide bonds. The summed E-state index contributed by atoms with van der Waals surface area (Å²) in [5, 5.41) is 11.2. The van der Waals surface area contributed by atoms with E-state index in [4.69, 9.17) is 0 Å². The van der Waals surface area contributed by atoms with Crippen molar-refractivity contribution in [3.8, 4) is 0 Å². The molecule has 73 heavy (non-hydrogen) atoms. The van der Waals surface area contributed by atoms with Gasteiger partial charge in [0, 0.05) is 130 Å². The molecule has 4 saturated heterocycles. The summed E-state index contributed by atoms with van der Waals surface area (Å²) < 4.78 is 15.1. The molecule has 5 aromatic rings. The van der Waals surface area contributed by atoms with Crippen LogP contribution >= 0.6 is 0 Å². The molecule has 0 radical (unpaired) electrons. The first kappa shape index (κ1) is 50.1. The van der Waals surface area contributed by atoms with Gasteiger partial charge in [0.15, 0.2) is 0 Å². The molecule has 17 nitrogen and oxygen atoms in total. The highest BCUT2D eigenvalue weighted by molar-refractivity contribution is 5.95. The van der Waals surface area contributed by atoms with E-state index >= 15 is 4.39 Å². The number of aromatic amines is 1. The van der Waals surface area contributed by atoms with Gasteiger partial charge in [-0.25, -0.2) is 19.5 Å². The van der Waals surface area contributed by atoms with E-state index in [9.17, 15) is 24.0 Å². The molecule has 1 atom stereocenters. The highest BCUT2D eigenvalue weighted by Gasteiger charge is 2.31. The number of hydrogen-bond acceptors (Lipinski definition) is 12. The van der Waals surface area contributed by atoms with Crippen LogP contribution in [-0.4, -0.2) is 189 Å². The second-order valence-corrected chi connectivity index (χ2v) is 20.6. The van der Waals surface area contributed by atoms with Crippen LogP contribution in [-0.2, 0) is 29.1 Å². The van der Waals surface area contributed by atoms with E-state index in [0.29, 0.717) is 105 Å². The number of halogens is 1. The number of carbonyl (C=O) groups is 4. The molecule has 3 aromatic carbocycles. The summed E-state index contributed by atoms with van der Waals surface area (Å²) >= 11 is 0. The Hall–Kier alpha value is -6.47. The smallest absolute Gasteiger partial charge is 0.272 e. The summed E-state index contributed by atoms with van der Waals surface area (Å²) in [6.07, 6.45) is 8.86. The Balaban J connectivity index is 0.00000374. The molecule has 5 aliphatic rings. The Bertz CT molecular complexity index is 2830. The van der Waals surface area contributed by atoms with Crippen molar-refractivity contribution in [1.29, 1.82) is 0 Å². The number of fused-ring (bicyclic) bond motifs is 2. The summed E-state index contributed by atoms with van der Waals surface area (Å²) in [5.74, 6) is 0.00212. The van der Waals surface area contributed by atoms with E-state index in [2.05, 4.69) is 51.1 Å². The minimum Gasteiger partial charge on any atom is -0.352 e. The lowest BCUT2D eigenvalue weighted by molar-refractivity contribution is -0.134. The third kappa shape index (κ3) is 12.3. The van der Waals surface area contributed by atoms with Crippen molar-refractivity contribution in [2.45, 2.75) is 57.5 Å². The monoisotopic (exact) mass is 999 g/mol. The van der Waals surface area contributed by atoms with E-state index in [-0.39, 0.29) is 37.6 Å². The molecule has 0 aliphatic carbocycles. The lowest BCUT2D eigenvalue weighted by Gasteiger charge is -2.40. The number of piperidine rings is 2. The summed E-state index contributed by atoms with van der Waals surface area (Å²) in [7, 11) is 0. The Morgan fingerprint density at radius 2 is 1.49 bits per heavy atom. The van der Waals surface area contributed by atoms with Crippen molar-refractivity contribution in [2.24, 2.45) is 5.92 Å². The van der Waals surface area contributed by atoms with Crippen LogP contribution in [0.4, 0.5) is 4.39 Å². The normalized spacial score (nSPS) is 19.6. The minimum absolute atomic E-state index is 0. The second kappa shape index (κ2) is 23.2. The van der Waals surface area contributed by atoms with Crippen LogP contribution in [0.25, 0.3) is 10.8 Å². The van der Waals surface area contributed by atoms with Crippen molar-refractivity contribution < 1.29 is 26.4 Å². The third-order valence-electron chi connectivity index (χ3n) is 15.7. The maximum Gasteiger partial charge on any atom is 0.272 e. The first-order valence-corrected chi connectivity index (χ1v) is 26.2. The van der Waals surface area contributed by atoms with Gasteiger partial charge in [0.1, 0.15) is 12.1 Å². The summed E-state index contributed by atoms with van der Waals surface area (Å²) in [4.78, 5) is 89.2. The fraction of sp³-hybridized carbons (Fsp3) is 0.491. The number of nitrogens with zero attached hydrogens (tertiary/aromatic N) is 10. The predicted molar refractivity (Wildman–Crippen MR) is 278 cm³/mol. The molecule has 0 saturated carbocycles. The maximum atomic E-state index is 15.1. The van der Waals surface area contributed by atoms with Crippen LogP contribution in [0, 0.1) is 11.7 Å². The predicted octanol–water partition coefficient (Wildman–Crippen LogP) is 4.09. The summed E-state index contributed by atoms with van der Waals surface area (Å²) in [6, 6.07) is 19.6. The van der Waals surface area contributed by atoms with Gasteiger partial charge in [0.05, 0.1) is 35.4 Å². The number of hydrogen-bond donors (Lipinski definition) is 2. The molecule has 10 rings (SSSR count). The largest absolute Gasteiger partial charge is 0.352 e. The van der Waals surface area contributed by atoms with E-state index < -0.39 is 11.7 Å². The molecule has 4 fully saturated rings. The number of carbonyl (C=O) groups excluding carboxylic acids is 4. The number of piperazine rings is 2. The van der Waals surface area contributed by atoms with Gasteiger partial charge in [0.2, 0.25) is 11.8 Å². The van der Waals surface area contributed by atoms with Crippen LogP contribution in [0.1, 0.15) is 89.7 Å². The standard InChI is InChI=1S/C55H67FN12O5.2H2/c56-48-12-11-40(29-49-45-9-1-2-10-46(45)54(72)61-60-49)28-47(48)55(73)67-26-24-66(25-27-67)51(69)36-64-22-20-63(21-23-64)32-39-13-18-62(19-14-39)16-5-15-58-53(71)42-7-3-6-41(30-42)43-8-4-17-68(34-43)52(70)37-65-33-44-31-57-38-59-50(44)35-65;;/h1-3,6-7,9-12,28,30-31,38-39,43H,4-5,8,13-27,29,32-37H2,(H,58,71)(H,61,72);2*1H/t43-;;/m0../s1. The van der Waals surface area contributed by atoms with Gasteiger partial charge in [-0.2, -0.15) is 5.10 Å². The molecular formula is C55H71FN12O5. The highest BCUT2D eigenvalue weighted by Crippen LogP contribution is 2.29. The molecule has 388 valence electrons. The van der Waals surface area contributed by atoms with Gasteiger partial charge in [-0.3, -0.25) is 33.8 Å². The van der Waals surface area contributed by atoms with Gasteiger partial charge in [-0.1, -0.05) is 36.4 Å². The average molecular weight is 999 g/mol. The molecule has 7 heterocycles. The molecule has 2 aromatic heterocycles. The van der Waals surface area contributed by atoms with Gasteiger partial charge >= 0.3 is 0 Å². The minimum atomic E-state index is -0.595. The highest BCUT2D eigenvalue weighted by atomic mass is 19.1. The van der Waals surface area contributed by atoms with E-state index in [1.165, 1.54) is 6.07 Å². The van der Waals surface area contributed by atoms with Gasteiger partial charge in [-0.05, 0) is 99.1 Å². The number of H-pyrrole nitrogens is 1. The first-order valence-electron chi connectivity index (χ1n) is 26.2. The zero-order valence-corrected chi connectivity index (χ0v) is 41.7. The number of rotatable bonds is 15. The van der Waals surface area contributed by atoms with Gasteiger partial charge in [0.25, 0.3) is 17.4 Å². The maximum absolute atomic E-state index is 15.1.